The molecule has 1 atom stereocenters. The number of hydrogen-bond acceptors (Lipinski definition) is 4. The zero-order chi connectivity index (χ0) is 18.9. The first-order valence-electron chi connectivity index (χ1n) is 9.55. The molecule has 2 aromatic carbocycles. The van der Waals surface area contributed by atoms with Gasteiger partial charge in [0.15, 0.2) is 0 Å². The zero-order valence-corrected chi connectivity index (χ0v) is 15.7. The number of ether oxygens (including phenoxy) is 1. The zero-order valence-electron chi connectivity index (χ0n) is 15.7. The van der Waals surface area contributed by atoms with E-state index in [1.807, 2.05) is 36.4 Å². The Morgan fingerprint density at radius 3 is 2.85 bits per heavy atom. The number of aryl methyl sites for hydroxylation is 1. The number of hydroxylamine groups is 2. The van der Waals surface area contributed by atoms with Crippen molar-refractivity contribution in [2.24, 2.45) is 5.41 Å². The highest BCUT2D eigenvalue weighted by molar-refractivity contribution is 5.93. The summed E-state index contributed by atoms with van der Waals surface area (Å²) in [5.41, 5.74) is 4.23. The summed E-state index contributed by atoms with van der Waals surface area (Å²) < 4.78 is 5.30. The summed E-state index contributed by atoms with van der Waals surface area (Å²) in [4.78, 5) is 12.8. The maximum Gasteiger partial charge on any atom is 0.277 e. The highest BCUT2D eigenvalue weighted by Crippen LogP contribution is 2.40. The topological polar surface area (TPSA) is 61.8 Å². The number of methoxy groups -OCH3 is 1. The average Bonchev–Trinajstić information content (AvgIpc) is 3.14. The molecule has 1 aliphatic heterocycles. The van der Waals surface area contributed by atoms with Gasteiger partial charge in [-0.1, -0.05) is 24.3 Å². The van der Waals surface area contributed by atoms with E-state index in [4.69, 9.17) is 4.74 Å². The highest BCUT2D eigenvalue weighted by Gasteiger charge is 2.37. The quantitative estimate of drug-likeness (QED) is 0.644. The minimum absolute atomic E-state index is 0.0911. The fourth-order valence-electron chi connectivity index (χ4n) is 4.44. The van der Waals surface area contributed by atoms with Gasteiger partial charge in [-0.05, 0) is 67.0 Å². The van der Waals surface area contributed by atoms with Crippen molar-refractivity contribution >= 4 is 5.91 Å². The molecule has 5 heteroatoms. The Morgan fingerprint density at radius 1 is 1.22 bits per heavy atom. The molecule has 142 valence electrons. The first-order valence-corrected chi connectivity index (χ1v) is 9.55. The first kappa shape index (κ1) is 18.0. The predicted octanol–water partition coefficient (Wildman–Crippen LogP) is 3.20. The molecular weight excluding hydrogens is 340 g/mol. The Balaban J connectivity index is 1.52. The maximum atomic E-state index is 12.8. The molecule has 5 nitrogen and oxygen atoms in total. The third-order valence-electron chi connectivity index (χ3n) is 6.02. The molecule has 0 radical (unpaired) electrons. The number of nitrogens with zero attached hydrogens (tertiary/aromatic N) is 1. The number of hydrogen-bond donors (Lipinski definition) is 2. The van der Waals surface area contributed by atoms with Gasteiger partial charge in [-0.2, -0.15) is 0 Å². The van der Waals surface area contributed by atoms with Gasteiger partial charge in [0.2, 0.25) is 0 Å². The van der Waals surface area contributed by atoms with Crippen LogP contribution < -0.4 is 10.1 Å². The molecule has 2 N–H and O–H groups in total. The predicted molar refractivity (Wildman–Crippen MR) is 103 cm³/mol. The minimum Gasteiger partial charge on any atom is -0.496 e. The van der Waals surface area contributed by atoms with Gasteiger partial charge >= 0.3 is 0 Å². The van der Waals surface area contributed by atoms with Crippen LogP contribution in [0.4, 0.5) is 0 Å². The monoisotopic (exact) mass is 366 g/mol. The number of carbonyl (C=O) groups is 1. The summed E-state index contributed by atoms with van der Waals surface area (Å²) in [5, 5.41) is 14.6. The third kappa shape index (κ3) is 3.57. The van der Waals surface area contributed by atoms with Crippen molar-refractivity contribution in [1.82, 2.24) is 10.4 Å². The molecule has 1 saturated heterocycles. The first-order chi connectivity index (χ1) is 13.1. The molecule has 4 rings (SSSR count). The lowest BCUT2D eigenvalue weighted by atomic mass is 9.71. The van der Waals surface area contributed by atoms with Gasteiger partial charge in [-0.25, -0.2) is 5.06 Å². The van der Waals surface area contributed by atoms with Gasteiger partial charge in [0.25, 0.3) is 5.91 Å². The average molecular weight is 366 g/mol. The number of fused-ring (bicyclic) bond motifs is 1. The molecule has 1 heterocycles. The lowest BCUT2D eigenvalue weighted by Gasteiger charge is -2.34. The number of rotatable bonds is 4. The van der Waals surface area contributed by atoms with Crippen LogP contribution in [0.5, 0.6) is 5.75 Å². The standard InChI is InChI=1S/C22H26N2O3/c1-27-20-5-3-2-4-18(20)14-24(26)21(25)17-7-6-16-8-9-22(10-11-23-15-22)13-19(16)12-17/h2-7,12,23,26H,8-11,13-15H2,1H3. The van der Waals surface area contributed by atoms with Crippen molar-refractivity contribution in [2.75, 3.05) is 20.2 Å². The van der Waals surface area contributed by atoms with Crippen LogP contribution in [0.1, 0.15) is 39.9 Å². The fourth-order valence-corrected chi connectivity index (χ4v) is 4.44. The van der Waals surface area contributed by atoms with E-state index in [0.717, 1.165) is 36.6 Å². The normalized spacial score (nSPS) is 21.1. The van der Waals surface area contributed by atoms with E-state index < -0.39 is 0 Å². The summed E-state index contributed by atoms with van der Waals surface area (Å²) in [7, 11) is 1.58. The number of carbonyl (C=O) groups excluding carboxylic acids is 1. The maximum absolute atomic E-state index is 12.8. The molecule has 0 saturated carbocycles. The summed E-state index contributed by atoms with van der Waals surface area (Å²) in [6.45, 7) is 2.23. The van der Waals surface area contributed by atoms with E-state index in [1.54, 1.807) is 7.11 Å². The second-order valence-electron chi connectivity index (χ2n) is 7.76. The molecule has 1 spiro atoms. The summed E-state index contributed by atoms with van der Waals surface area (Å²) >= 11 is 0. The Labute approximate surface area is 159 Å². The number of para-hydroxylation sites is 1. The second kappa shape index (κ2) is 7.33. The molecule has 1 aliphatic carbocycles. The van der Waals surface area contributed by atoms with Crippen LogP contribution in [-0.4, -0.2) is 36.4 Å². The SMILES string of the molecule is COc1ccccc1CN(O)C(=O)c1ccc2c(c1)CC1(CCNC1)CC2. The van der Waals surface area contributed by atoms with Gasteiger partial charge in [0.1, 0.15) is 5.75 Å². The number of benzene rings is 2. The Bertz CT molecular complexity index is 843. The molecule has 0 bridgehead atoms. The van der Waals surface area contributed by atoms with Crippen LogP contribution in [0, 0.1) is 5.41 Å². The van der Waals surface area contributed by atoms with Gasteiger partial charge in [-0.3, -0.25) is 10.0 Å². The smallest absolute Gasteiger partial charge is 0.277 e. The third-order valence-corrected chi connectivity index (χ3v) is 6.02. The van der Waals surface area contributed by atoms with E-state index in [0.29, 0.717) is 16.7 Å². The van der Waals surface area contributed by atoms with Gasteiger partial charge in [0, 0.05) is 17.7 Å². The molecule has 27 heavy (non-hydrogen) atoms. The van der Waals surface area contributed by atoms with Crippen molar-refractivity contribution in [1.29, 1.82) is 0 Å². The Kier molecular flexibility index (Phi) is 4.89. The molecular formula is C22H26N2O3. The lowest BCUT2D eigenvalue weighted by Crippen LogP contribution is -2.32. The van der Waals surface area contributed by atoms with E-state index in [9.17, 15) is 10.0 Å². The Hall–Kier alpha value is -2.37. The summed E-state index contributed by atoms with van der Waals surface area (Å²) in [6, 6.07) is 13.3. The van der Waals surface area contributed by atoms with Gasteiger partial charge < -0.3 is 10.1 Å². The van der Waals surface area contributed by atoms with Crippen LogP contribution in [0.15, 0.2) is 42.5 Å². The van der Waals surface area contributed by atoms with Crippen molar-refractivity contribution < 1.29 is 14.7 Å². The largest absolute Gasteiger partial charge is 0.496 e. The van der Waals surface area contributed by atoms with Gasteiger partial charge in [0.05, 0.1) is 13.7 Å². The number of amides is 1. The summed E-state index contributed by atoms with van der Waals surface area (Å²) in [5.74, 6) is 0.276. The van der Waals surface area contributed by atoms with E-state index in [-0.39, 0.29) is 12.5 Å². The van der Waals surface area contributed by atoms with E-state index >= 15 is 0 Å². The highest BCUT2D eigenvalue weighted by atomic mass is 16.5. The number of nitrogens with one attached hydrogen (secondary N) is 1. The van der Waals surface area contributed by atoms with Crippen molar-refractivity contribution in [3.8, 4) is 5.75 Å². The van der Waals surface area contributed by atoms with E-state index in [1.165, 1.54) is 24.0 Å². The molecule has 2 aliphatic rings. The molecule has 1 unspecified atom stereocenters. The molecule has 0 aromatic heterocycles. The summed E-state index contributed by atoms with van der Waals surface area (Å²) in [6.07, 6.45) is 4.48. The fraction of sp³-hybridized carbons (Fsp3) is 0.409. The minimum atomic E-state index is -0.382. The van der Waals surface area contributed by atoms with Crippen molar-refractivity contribution in [3.63, 3.8) is 0 Å². The molecule has 2 aromatic rings. The lowest BCUT2D eigenvalue weighted by molar-refractivity contribution is -0.0651. The molecule has 1 amide bonds. The van der Waals surface area contributed by atoms with Crippen LogP contribution in [-0.2, 0) is 19.4 Å². The second-order valence-corrected chi connectivity index (χ2v) is 7.76. The van der Waals surface area contributed by atoms with Gasteiger partial charge in [-0.15, -0.1) is 0 Å². The van der Waals surface area contributed by atoms with Crippen LogP contribution in [0.3, 0.4) is 0 Å². The van der Waals surface area contributed by atoms with Crippen LogP contribution in [0.25, 0.3) is 0 Å². The van der Waals surface area contributed by atoms with E-state index in [2.05, 4.69) is 11.4 Å². The van der Waals surface area contributed by atoms with Crippen molar-refractivity contribution in [2.45, 2.75) is 32.2 Å². The Morgan fingerprint density at radius 2 is 2.07 bits per heavy atom. The molecule has 1 fully saturated rings. The van der Waals surface area contributed by atoms with Crippen LogP contribution in [0.2, 0.25) is 0 Å². The van der Waals surface area contributed by atoms with Crippen molar-refractivity contribution in [3.05, 3.63) is 64.7 Å². The van der Waals surface area contributed by atoms with Crippen LogP contribution >= 0.6 is 0 Å².